The zero-order chi connectivity index (χ0) is 15.0. The van der Waals surface area contributed by atoms with Gasteiger partial charge in [-0.2, -0.15) is 5.10 Å². The fraction of sp³-hybridized carbons (Fsp3) is 0.571. The van der Waals surface area contributed by atoms with Gasteiger partial charge in [-0.15, -0.1) is 6.58 Å². The highest BCUT2D eigenvalue weighted by atomic mass is 16.5. The highest BCUT2D eigenvalue weighted by Gasteiger charge is 2.11. The molecule has 20 heavy (non-hydrogen) atoms. The van der Waals surface area contributed by atoms with Gasteiger partial charge in [-0.1, -0.05) is 13.0 Å². The summed E-state index contributed by atoms with van der Waals surface area (Å²) >= 11 is 0. The number of hydrogen-bond donors (Lipinski definition) is 2. The van der Waals surface area contributed by atoms with Crippen LogP contribution in [0, 0.1) is 0 Å². The van der Waals surface area contributed by atoms with Crippen molar-refractivity contribution < 1.29 is 9.53 Å². The summed E-state index contributed by atoms with van der Waals surface area (Å²) in [5.41, 5.74) is 0. The molecule has 0 saturated heterocycles. The van der Waals surface area contributed by atoms with Gasteiger partial charge in [0, 0.05) is 25.4 Å². The number of rotatable bonds is 8. The van der Waals surface area contributed by atoms with Gasteiger partial charge < -0.3 is 10.1 Å². The van der Waals surface area contributed by atoms with Crippen LogP contribution in [-0.2, 0) is 4.74 Å². The second-order valence-corrected chi connectivity index (χ2v) is 4.71. The van der Waals surface area contributed by atoms with Crippen LogP contribution in [-0.4, -0.2) is 35.6 Å². The van der Waals surface area contributed by atoms with Crippen molar-refractivity contribution in [2.24, 2.45) is 0 Å². The number of anilines is 1. The zero-order valence-corrected chi connectivity index (χ0v) is 12.4. The SMILES string of the molecule is C=CCC(CC)NC(=O)Nc1ccn(C(C)COC)n1. The van der Waals surface area contributed by atoms with E-state index in [-0.39, 0.29) is 18.1 Å². The monoisotopic (exact) mass is 280 g/mol. The Morgan fingerprint density at radius 2 is 2.40 bits per heavy atom. The minimum atomic E-state index is -0.247. The van der Waals surface area contributed by atoms with Crippen LogP contribution in [0.25, 0.3) is 0 Å². The van der Waals surface area contributed by atoms with Crippen molar-refractivity contribution in [3.63, 3.8) is 0 Å². The van der Waals surface area contributed by atoms with E-state index in [0.717, 1.165) is 12.8 Å². The number of carbonyl (C=O) groups is 1. The van der Waals surface area contributed by atoms with Crippen LogP contribution in [0.5, 0.6) is 0 Å². The van der Waals surface area contributed by atoms with E-state index in [1.807, 2.05) is 20.0 Å². The predicted octanol–water partition coefficient (Wildman–Crippen LogP) is 2.57. The molecule has 0 radical (unpaired) electrons. The summed E-state index contributed by atoms with van der Waals surface area (Å²) in [6, 6.07) is 1.74. The molecule has 0 aliphatic carbocycles. The van der Waals surface area contributed by atoms with Crippen LogP contribution in [0.4, 0.5) is 10.6 Å². The first-order valence-electron chi connectivity index (χ1n) is 6.83. The lowest BCUT2D eigenvalue weighted by molar-refractivity contribution is 0.157. The Labute approximate surface area is 120 Å². The predicted molar refractivity (Wildman–Crippen MR) is 79.9 cm³/mol. The molecule has 0 aromatic carbocycles. The van der Waals surface area contributed by atoms with Crippen molar-refractivity contribution >= 4 is 11.8 Å². The molecule has 0 fully saturated rings. The van der Waals surface area contributed by atoms with Crippen LogP contribution in [0.1, 0.15) is 32.7 Å². The number of hydrogen-bond acceptors (Lipinski definition) is 3. The number of ether oxygens (including phenoxy) is 1. The van der Waals surface area contributed by atoms with Crippen LogP contribution >= 0.6 is 0 Å². The van der Waals surface area contributed by atoms with Crippen molar-refractivity contribution in [3.05, 3.63) is 24.9 Å². The maximum Gasteiger partial charge on any atom is 0.320 e. The van der Waals surface area contributed by atoms with Gasteiger partial charge in [-0.05, 0) is 19.8 Å². The van der Waals surface area contributed by atoms with Crippen molar-refractivity contribution in [1.82, 2.24) is 15.1 Å². The van der Waals surface area contributed by atoms with Crippen molar-refractivity contribution in [2.45, 2.75) is 38.8 Å². The van der Waals surface area contributed by atoms with Gasteiger partial charge in [-0.3, -0.25) is 10.00 Å². The second-order valence-electron chi connectivity index (χ2n) is 4.71. The Kier molecular flexibility index (Phi) is 6.79. The van der Waals surface area contributed by atoms with E-state index in [4.69, 9.17) is 4.74 Å². The molecule has 112 valence electrons. The molecule has 2 unspecified atom stereocenters. The summed E-state index contributed by atoms with van der Waals surface area (Å²) < 4.78 is 6.84. The Balaban J connectivity index is 2.51. The Hall–Kier alpha value is -1.82. The number of urea groups is 1. The molecule has 6 nitrogen and oxygen atoms in total. The minimum Gasteiger partial charge on any atom is -0.382 e. The van der Waals surface area contributed by atoms with E-state index in [2.05, 4.69) is 22.3 Å². The van der Waals surface area contributed by atoms with Gasteiger partial charge in [-0.25, -0.2) is 4.79 Å². The molecule has 1 aromatic heterocycles. The molecule has 0 saturated carbocycles. The van der Waals surface area contributed by atoms with Crippen LogP contribution in [0.15, 0.2) is 24.9 Å². The van der Waals surface area contributed by atoms with Gasteiger partial charge in [0.25, 0.3) is 0 Å². The van der Waals surface area contributed by atoms with Crippen molar-refractivity contribution in [1.29, 1.82) is 0 Å². The number of methoxy groups -OCH3 is 1. The molecule has 1 heterocycles. The first-order valence-corrected chi connectivity index (χ1v) is 6.83. The fourth-order valence-corrected chi connectivity index (χ4v) is 1.83. The smallest absolute Gasteiger partial charge is 0.320 e. The average molecular weight is 280 g/mol. The Morgan fingerprint density at radius 3 is 3.00 bits per heavy atom. The van der Waals surface area contributed by atoms with E-state index in [1.165, 1.54) is 0 Å². The molecular weight excluding hydrogens is 256 g/mol. The lowest BCUT2D eigenvalue weighted by atomic mass is 10.1. The van der Waals surface area contributed by atoms with E-state index in [0.29, 0.717) is 12.4 Å². The summed E-state index contributed by atoms with van der Waals surface area (Å²) in [5, 5.41) is 9.90. The maximum absolute atomic E-state index is 11.8. The molecule has 0 spiro atoms. The maximum atomic E-state index is 11.8. The quantitative estimate of drug-likeness (QED) is 0.719. The minimum absolute atomic E-state index is 0.0991. The molecule has 0 bridgehead atoms. The summed E-state index contributed by atoms with van der Waals surface area (Å²) in [6.07, 6.45) is 5.23. The normalized spacial score (nSPS) is 13.6. The second kappa shape index (κ2) is 8.37. The van der Waals surface area contributed by atoms with E-state index in [9.17, 15) is 4.79 Å². The van der Waals surface area contributed by atoms with Crippen LogP contribution in [0.3, 0.4) is 0 Å². The van der Waals surface area contributed by atoms with Crippen molar-refractivity contribution in [2.75, 3.05) is 19.0 Å². The number of amides is 2. The van der Waals surface area contributed by atoms with E-state index < -0.39 is 0 Å². The number of nitrogens with zero attached hydrogens (tertiary/aromatic N) is 2. The Bertz CT molecular complexity index is 431. The van der Waals surface area contributed by atoms with Gasteiger partial charge in [0.1, 0.15) is 0 Å². The summed E-state index contributed by atoms with van der Waals surface area (Å²) in [4.78, 5) is 11.8. The highest BCUT2D eigenvalue weighted by molar-refractivity contribution is 5.88. The summed E-state index contributed by atoms with van der Waals surface area (Å²) in [6.45, 7) is 8.28. The van der Waals surface area contributed by atoms with Crippen molar-refractivity contribution in [3.8, 4) is 0 Å². The highest BCUT2D eigenvalue weighted by Crippen LogP contribution is 2.09. The molecule has 1 aromatic rings. The zero-order valence-electron chi connectivity index (χ0n) is 12.4. The summed E-state index contributed by atoms with van der Waals surface area (Å²) in [7, 11) is 1.65. The summed E-state index contributed by atoms with van der Waals surface area (Å²) in [5.74, 6) is 0.527. The standard InChI is InChI=1S/C14H24N4O2/c1-5-7-12(6-2)15-14(19)16-13-8-9-18(17-13)11(3)10-20-4/h5,8-9,11-12H,1,6-7,10H2,2-4H3,(H2,15,16,17,19). The number of nitrogens with one attached hydrogen (secondary N) is 2. The third-order valence-corrected chi connectivity index (χ3v) is 2.99. The fourth-order valence-electron chi connectivity index (χ4n) is 1.83. The van der Waals surface area contributed by atoms with E-state index >= 15 is 0 Å². The third-order valence-electron chi connectivity index (χ3n) is 2.99. The van der Waals surface area contributed by atoms with Gasteiger partial charge >= 0.3 is 6.03 Å². The molecule has 6 heteroatoms. The largest absolute Gasteiger partial charge is 0.382 e. The van der Waals surface area contributed by atoms with Gasteiger partial charge in [0.2, 0.25) is 0 Å². The van der Waals surface area contributed by atoms with Crippen LogP contribution in [0.2, 0.25) is 0 Å². The molecule has 0 aliphatic rings. The molecule has 2 N–H and O–H groups in total. The molecule has 1 rings (SSSR count). The Morgan fingerprint density at radius 1 is 1.65 bits per heavy atom. The topological polar surface area (TPSA) is 68.2 Å². The average Bonchev–Trinajstić information content (AvgIpc) is 2.87. The van der Waals surface area contributed by atoms with Crippen LogP contribution < -0.4 is 10.6 Å². The lowest BCUT2D eigenvalue weighted by Gasteiger charge is -2.15. The first kappa shape index (κ1) is 16.2. The number of aromatic nitrogens is 2. The lowest BCUT2D eigenvalue weighted by Crippen LogP contribution is -2.37. The number of carbonyl (C=O) groups excluding carboxylic acids is 1. The van der Waals surface area contributed by atoms with E-state index in [1.54, 1.807) is 23.9 Å². The molecule has 0 aliphatic heterocycles. The first-order chi connectivity index (χ1) is 9.60. The molecular formula is C14H24N4O2. The molecule has 2 atom stereocenters. The van der Waals surface area contributed by atoms with Gasteiger partial charge in [0.15, 0.2) is 5.82 Å². The third kappa shape index (κ3) is 5.05. The molecule has 2 amide bonds. The van der Waals surface area contributed by atoms with Gasteiger partial charge in [0.05, 0.1) is 12.6 Å².